The summed E-state index contributed by atoms with van der Waals surface area (Å²) in [5.74, 6) is -0.672. The van der Waals surface area contributed by atoms with E-state index in [1.807, 2.05) is 25.1 Å². The average Bonchev–Trinajstić information content (AvgIpc) is 2.61. The Labute approximate surface area is 154 Å². The van der Waals surface area contributed by atoms with Gasteiger partial charge in [-0.2, -0.15) is 0 Å². The van der Waals surface area contributed by atoms with E-state index in [4.69, 9.17) is 4.74 Å². The van der Waals surface area contributed by atoms with Crippen molar-refractivity contribution in [1.29, 1.82) is 0 Å². The fraction of sp³-hybridized carbons (Fsp3) is 0.500. The molecule has 0 radical (unpaired) electrons. The van der Waals surface area contributed by atoms with Gasteiger partial charge in [-0.25, -0.2) is 4.79 Å². The van der Waals surface area contributed by atoms with Gasteiger partial charge in [0.1, 0.15) is 0 Å². The van der Waals surface area contributed by atoms with Gasteiger partial charge in [0, 0.05) is 19.3 Å². The molecule has 0 aliphatic rings. The van der Waals surface area contributed by atoms with Crippen LogP contribution in [0, 0.1) is 0 Å². The molecule has 26 heavy (non-hydrogen) atoms. The molecule has 1 atom stereocenters. The Hall–Kier alpha value is -2.45. The van der Waals surface area contributed by atoms with Gasteiger partial charge in [0.05, 0.1) is 19.2 Å². The Kier molecular flexibility index (Phi) is 9.96. The van der Waals surface area contributed by atoms with E-state index < -0.39 is 18.0 Å². The van der Waals surface area contributed by atoms with Crippen molar-refractivity contribution in [2.75, 3.05) is 38.7 Å². The Morgan fingerprint density at radius 3 is 2.50 bits per heavy atom. The predicted molar refractivity (Wildman–Crippen MR) is 99.8 cm³/mol. The molecule has 3 N–H and O–H groups in total. The van der Waals surface area contributed by atoms with Crippen LogP contribution in [0.5, 0.6) is 0 Å². The molecule has 0 bridgehead atoms. The zero-order valence-corrected chi connectivity index (χ0v) is 15.6. The topological polar surface area (TPSA) is 99.8 Å². The van der Waals surface area contributed by atoms with Crippen molar-refractivity contribution in [2.24, 2.45) is 0 Å². The number of benzene rings is 1. The van der Waals surface area contributed by atoms with E-state index in [0.29, 0.717) is 25.4 Å². The highest BCUT2D eigenvalue weighted by Crippen LogP contribution is 2.08. The molecule has 1 aromatic rings. The summed E-state index contributed by atoms with van der Waals surface area (Å²) >= 11 is 0. The number of nitrogens with zero attached hydrogens (tertiary/aromatic N) is 1. The SMILES string of the molecule is CCCN(CC(=O)NC(=O)NCCOC)C(C)C(=O)Nc1ccccc1. The maximum atomic E-state index is 12.4. The number of hydrogen-bond acceptors (Lipinski definition) is 5. The second kappa shape index (κ2) is 12.0. The van der Waals surface area contributed by atoms with Crippen LogP contribution in [0.4, 0.5) is 10.5 Å². The molecule has 1 rings (SSSR count). The Bertz CT molecular complexity index is 580. The minimum atomic E-state index is -0.579. The lowest BCUT2D eigenvalue weighted by Gasteiger charge is -2.27. The van der Waals surface area contributed by atoms with Gasteiger partial charge in [0.25, 0.3) is 0 Å². The lowest BCUT2D eigenvalue weighted by Crippen LogP contribution is -2.50. The van der Waals surface area contributed by atoms with Crippen LogP contribution in [0.2, 0.25) is 0 Å². The predicted octanol–water partition coefficient (Wildman–Crippen LogP) is 1.20. The molecular formula is C18H28N4O4. The molecule has 8 heteroatoms. The zero-order chi connectivity index (χ0) is 19.4. The number of carbonyl (C=O) groups excluding carboxylic acids is 3. The molecule has 0 saturated heterocycles. The standard InChI is InChI=1S/C18H28N4O4/c1-4-11-22(13-16(23)21-18(25)19-10-12-26-3)14(2)17(24)20-15-8-6-5-7-9-15/h5-9,14H,4,10-13H2,1-3H3,(H,20,24)(H2,19,21,23,25). The molecular weight excluding hydrogens is 336 g/mol. The highest BCUT2D eigenvalue weighted by atomic mass is 16.5. The van der Waals surface area contributed by atoms with E-state index in [0.717, 1.165) is 6.42 Å². The first-order valence-corrected chi connectivity index (χ1v) is 8.64. The molecule has 0 spiro atoms. The van der Waals surface area contributed by atoms with Crippen molar-refractivity contribution in [2.45, 2.75) is 26.3 Å². The molecule has 4 amide bonds. The highest BCUT2D eigenvalue weighted by Gasteiger charge is 2.23. The molecule has 0 saturated carbocycles. The van der Waals surface area contributed by atoms with E-state index >= 15 is 0 Å². The Morgan fingerprint density at radius 1 is 1.19 bits per heavy atom. The van der Waals surface area contributed by atoms with Gasteiger partial charge in [0.2, 0.25) is 11.8 Å². The third kappa shape index (κ3) is 8.09. The summed E-state index contributed by atoms with van der Waals surface area (Å²) < 4.78 is 4.82. The number of urea groups is 1. The number of methoxy groups -OCH3 is 1. The molecule has 144 valence electrons. The van der Waals surface area contributed by atoms with Crippen LogP contribution in [-0.2, 0) is 14.3 Å². The number of imide groups is 1. The summed E-state index contributed by atoms with van der Waals surface area (Å²) in [6, 6.07) is 8.03. The fourth-order valence-electron chi connectivity index (χ4n) is 2.29. The number of rotatable bonds is 10. The van der Waals surface area contributed by atoms with Gasteiger partial charge in [-0.05, 0) is 32.0 Å². The minimum absolute atomic E-state index is 0.0467. The summed E-state index contributed by atoms with van der Waals surface area (Å²) in [7, 11) is 1.52. The second-order valence-electron chi connectivity index (χ2n) is 5.80. The molecule has 1 unspecified atom stereocenters. The first-order valence-electron chi connectivity index (χ1n) is 8.64. The number of hydrogen-bond donors (Lipinski definition) is 3. The lowest BCUT2D eigenvalue weighted by atomic mass is 10.2. The number of ether oxygens (including phenoxy) is 1. The van der Waals surface area contributed by atoms with Crippen LogP contribution >= 0.6 is 0 Å². The van der Waals surface area contributed by atoms with Crippen LogP contribution in [0.15, 0.2) is 30.3 Å². The van der Waals surface area contributed by atoms with Crippen molar-refractivity contribution in [3.05, 3.63) is 30.3 Å². The third-order valence-corrected chi connectivity index (χ3v) is 3.67. The molecule has 0 aliphatic carbocycles. The zero-order valence-electron chi connectivity index (χ0n) is 15.6. The first kappa shape index (κ1) is 21.6. The lowest BCUT2D eigenvalue weighted by molar-refractivity contribution is -0.124. The summed E-state index contributed by atoms with van der Waals surface area (Å²) in [5, 5.41) is 7.59. The fourth-order valence-corrected chi connectivity index (χ4v) is 2.29. The smallest absolute Gasteiger partial charge is 0.321 e. The van der Waals surface area contributed by atoms with E-state index in [2.05, 4.69) is 16.0 Å². The highest BCUT2D eigenvalue weighted by molar-refractivity contribution is 5.97. The van der Waals surface area contributed by atoms with Crippen molar-refractivity contribution in [3.8, 4) is 0 Å². The van der Waals surface area contributed by atoms with Crippen LogP contribution in [0.1, 0.15) is 20.3 Å². The van der Waals surface area contributed by atoms with Gasteiger partial charge >= 0.3 is 6.03 Å². The van der Waals surface area contributed by atoms with Crippen molar-refractivity contribution >= 4 is 23.5 Å². The summed E-state index contributed by atoms with van der Waals surface area (Å²) in [6.45, 7) is 4.88. The quantitative estimate of drug-likeness (QED) is 0.542. The molecule has 8 nitrogen and oxygen atoms in total. The van der Waals surface area contributed by atoms with E-state index in [9.17, 15) is 14.4 Å². The summed E-state index contributed by atoms with van der Waals surface area (Å²) in [6.07, 6.45) is 0.774. The Balaban J connectivity index is 2.56. The van der Waals surface area contributed by atoms with E-state index in [1.54, 1.807) is 24.0 Å². The summed E-state index contributed by atoms with van der Waals surface area (Å²) in [4.78, 5) is 37.9. The number of para-hydroxylation sites is 1. The molecule has 0 aliphatic heterocycles. The van der Waals surface area contributed by atoms with Gasteiger partial charge in [-0.15, -0.1) is 0 Å². The van der Waals surface area contributed by atoms with Crippen LogP contribution < -0.4 is 16.0 Å². The monoisotopic (exact) mass is 364 g/mol. The van der Waals surface area contributed by atoms with Crippen molar-refractivity contribution in [1.82, 2.24) is 15.5 Å². The number of amides is 4. The molecule has 0 heterocycles. The maximum Gasteiger partial charge on any atom is 0.321 e. The van der Waals surface area contributed by atoms with Gasteiger partial charge in [-0.1, -0.05) is 25.1 Å². The number of nitrogens with one attached hydrogen (secondary N) is 3. The van der Waals surface area contributed by atoms with Gasteiger partial charge < -0.3 is 15.4 Å². The first-order chi connectivity index (χ1) is 12.5. The minimum Gasteiger partial charge on any atom is -0.383 e. The van der Waals surface area contributed by atoms with E-state index in [1.165, 1.54) is 7.11 Å². The second-order valence-corrected chi connectivity index (χ2v) is 5.80. The number of carbonyl (C=O) groups is 3. The molecule has 0 aromatic heterocycles. The van der Waals surface area contributed by atoms with Gasteiger partial charge in [0.15, 0.2) is 0 Å². The average molecular weight is 364 g/mol. The van der Waals surface area contributed by atoms with Crippen molar-refractivity contribution in [3.63, 3.8) is 0 Å². The van der Waals surface area contributed by atoms with Crippen LogP contribution in [0.3, 0.4) is 0 Å². The molecule has 1 aromatic carbocycles. The van der Waals surface area contributed by atoms with Crippen LogP contribution in [0.25, 0.3) is 0 Å². The van der Waals surface area contributed by atoms with Crippen LogP contribution in [-0.4, -0.2) is 62.1 Å². The normalized spacial score (nSPS) is 11.7. The van der Waals surface area contributed by atoms with Crippen molar-refractivity contribution < 1.29 is 19.1 Å². The molecule has 0 fully saturated rings. The summed E-state index contributed by atoms with van der Waals surface area (Å²) in [5.41, 5.74) is 0.697. The Morgan fingerprint density at radius 2 is 1.88 bits per heavy atom. The largest absolute Gasteiger partial charge is 0.383 e. The van der Waals surface area contributed by atoms with Gasteiger partial charge in [-0.3, -0.25) is 19.8 Å². The van der Waals surface area contributed by atoms with E-state index in [-0.39, 0.29) is 12.5 Å². The maximum absolute atomic E-state index is 12.4. The number of anilines is 1. The third-order valence-electron chi connectivity index (χ3n) is 3.67.